The van der Waals surface area contributed by atoms with Crippen molar-refractivity contribution in [1.29, 1.82) is 0 Å². The van der Waals surface area contributed by atoms with Crippen LogP contribution in [0.5, 0.6) is 0 Å². The van der Waals surface area contributed by atoms with Crippen LogP contribution in [0, 0.1) is 11.8 Å². The second kappa shape index (κ2) is 15.6. The number of carboxylic acids is 1. The number of anilines is 1. The van der Waals surface area contributed by atoms with Crippen molar-refractivity contribution in [2.75, 3.05) is 44.8 Å². The lowest BCUT2D eigenvalue weighted by Crippen LogP contribution is -2.41. The molecule has 0 saturated carbocycles. The van der Waals surface area contributed by atoms with Crippen LogP contribution < -0.4 is 5.32 Å². The molecular formula is C36H40N4O7. The highest BCUT2D eigenvalue weighted by Crippen LogP contribution is 2.32. The normalized spacial score (nSPS) is 18.4. The van der Waals surface area contributed by atoms with Crippen LogP contribution in [0.3, 0.4) is 0 Å². The molecule has 0 unspecified atom stereocenters. The molecule has 2 saturated heterocycles. The average Bonchev–Trinajstić information content (AvgIpc) is 3.47. The van der Waals surface area contributed by atoms with Gasteiger partial charge in [-0.3, -0.25) is 19.5 Å². The molecule has 2 heterocycles. The van der Waals surface area contributed by atoms with Gasteiger partial charge in [-0.15, -0.1) is 0 Å². The molecule has 0 aromatic heterocycles. The lowest BCUT2D eigenvalue weighted by molar-refractivity contribution is -0.141. The minimum Gasteiger partial charge on any atom is -0.480 e. The number of benzene rings is 3. The number of imide groups is 1. The van der Waals surface area contributed by atoms with Crippen molar-refractivity contribution in [2.24, 2.45) is 16.8 Å². The number of carbonyl (C=O) groups excluding carboxylic acids is 3. The molecule has 3 aromatic rings. The number of cyclic esters (lactones) is 1. The molecule has 246 valence electrons. The minimum atomic E-state index is -1.35. The highest BCUT2D eigenvalue weighted by atomic mass is 16.6. The van der Waals surface area contributed by atoms with Crippen LogP contribution in [-0.2, 0) is 23.9 Å². The molecule has 11 nitrogen and oxygen atoms in total. The van der Waals surface area contributed by atoms with Gasteiger partial charge in [-0.25, -0.2) is 14.5 Å². The van der Waals surface area contributed by atoms with E-state index in [1.165, 1.54) is 0 Å². The Hall–Kier alpha value is -4.87. The molecular weight excluding hydrogens is 600 g/mol. The zero-order valence-corrected chi connectivity index (χ0v) is 26.6. The van der Waals surface area contributed by atoms with E-state index in [4.69, 9.17) is 14.5 Å². The Morgan fingerprint density at radius 2 is 1.57 bits per heavy atom. The monoisotopic (exact) mass is 640 g/mol. The van der Waals surface area contributed by atoms with Crippen molar-refractivity contribution in [1.82, 2.24) is 9.80 Å². The number of para-hydroxylation sites is 1. The Morgan fingerprint density at radius 3 is 2.23 bits per heavy atom. The van der Waals surface area contributed by atoms with Gasteiger partial charge in [0.1, 0.15) is 12.6 Å². The number of ether oxygens (including phenoxy) is 2. The van der Waals surface area contributed by atoms with Gasteiger partial charge in [0.15, 0.2) is 6.04 Å². The first kappa shape index (κ1) is 33.5. The number of nitrogens with one attached hydrogen (secondary N) is 1. The van der Waals surface area contributed by atoms with E-state index in [1.807, 2.05) is 79.4 Å². The lowest BCUT2D eigenvalue weighted by Gasteiger charge is -2.28. The molecule has 2 fully saturated rings. The zero-order valence-electron chi connectivity index (χ0n) is 26.6. The van der Waals surface area contributed by atoms with Crippen LogP contribution in [0.2, 0.25) is 0 Å². The second-order valence-electron chi connectivity index (χ2n) is 12.0. The van der Waals surface area contributed by atoms with Crippen molar-refractivity contribution in [3.8, 4) is 0 Å². The number of morpholine rings is 1. The number of aliphatic carboxylic acids is 1. The molecule has 0 aliphatic carbocycles. The van der Waals surface area contributed by atoms with E-state index in [2.05, 4.69) is 5.32 Å². The Labute approximate surface area is 274 Å². The van der Waals surface area contributed by atoms with E-state index in [-0.39, 0.29) is 31.4 Å². The number of aliphatic imine (C=N–C) groups is 1. The van der Waals surface area contributed by atoms with E-state index in [0.29, 0.717) is 48.8 Å². The number of amides is 3. The Morgan fingerprint density at radius 1 is 0.936 bits per heavy atom. The summed E-state index contributed by atoms with van der Waals surface area (Å²) >= 11 is 0. The molecule has 5 rings (SSSR count). The summed E-state index contributed by atoms with van der Waals surface area (Å²) < 4.78 is 10.6. The molecule has 2 aliphatic heterocycles. The van der Waals surface area contributed by atoms with Gasteiger partial charge < -0.3 is 19.9 Å². The van der Waals surface area contributed by atoms with E-state index in [0.717, 1.165) is 10.5 Å². The van der Waals surface area contributed by atoms with Gasteiger partial charge in [0.25, 0.3) is 0 Å². The largest absolute Gasteiger partial charge is 0.480 e. The number of hydrogen-bond acceptors (Lipinski definition) is 8. The standard InChI is InChI=1S/C36H40N4O7/c1-24(2)28(21-32(42)40-30(23-47-36(40)45)25-11-5-3-6-12-25)34(35(43)44)38-33(26-13-7-4-8-14-26)27-15-9-10-16-29(27)37-31(41)22-39-17-19-46-20-18-39/h3-16,24,28,30,34H,17-23H2,1-2H3,(H,37,41)(H,43,44)/t28-,30+,34+/m1/s1. The molecule has 0 radical (unpaired) electrons. The number of carboxylic acid groups (broad SMARTS) is 1. The molecule has 3 atom stereocenters. The lowest BCUT2D eigenvalue weighted by atomic mass is 9.84. The number of hydrogen-bond donors (Lipinski definition) is 2. The zero-order chi connectivity index (χ0) is 33.3. The van der Waals surface area contributed by atoms with E-state index >= 15 is 0 Å². The fourth-order valence-corrected chi connectivity index (χ4v) is 5.95. The van der Waals surface area contributed by atoms with Gasteiger partial charge in [0.05, 0.1) is 31.2 Å². The maximum Gasteiger partial charge on any atom is 0.417 e. The first-order valence-corrected chi connectivity index (χ1v) is 15.8. The fraction of sp³-hybridized carbons (Fsp3) is 0.361. The molecule has 2 N–H and O–H groups in total. The second-order valence-corrected chi connectivity index (χ2v) is 12.0. The average molecular weight is 641 g/mol. The van der Waals surface area contributed by atoms with E-state index in [9.17, 15) is 24.3 Å². The Bertz CT molecular complexity index is 1590. The van der Waals surface area contributed by atoms with Gasteiger partial charge in [-0.05, 0) is 17.5 Å². The van der Waals surface area contributed by atoms with Crippen LogP contribution in [0.25, 0.3) is 0 Å². The Balaban J connectivity index is 1.48. The summed E-state index contributed by atoms with van der Waals surface area (Å²) in [6.45, 7) is 6.32. The maximum atomic E-state index is 13.8. The first-order valence-electron chi connectivity index (χ1n) is 15.8. The maximum absolute atomic E-state index is 13.8. The first-order chi connectivity index (χ1) is 22.7. The third-order valence-electron chi connectivity index (χ3n) is 8.49. The minimum absolute atomic E-state index is 0.0215. The van der Waals surface area contributed by atoms with Crippen LogP contribution in [-0.4, -0.2) is 90.0 Å². The summed E-state index contributed by atoms with van der Waals surface area (Å²) in [6, 6.07) is 23.4. The fourth-order valence-electron chi connectivity index (χ4n) is 5.95. The molecule has 2 aliphatic rings. The summed E-state index contributed by atoms with van der Waals surface area (Å²) in [7, 11) is 0. The van der Waals surface area contributed by atoms with Crippen molar-refractivity contribution in [3.63, 3.8) is 0 Å². The van der Waals surface area contributed by atoms with Gasteiger partial charge in [-0.1, -0.05) is 92.7 Å². The van der Waals surface area contributed by atoms with Crippen LogP contribution in [0.15, 0.2) is 89.9 Å². The van der Waals surface area contributed by atoms with Crippen molar-refractivity contribution in [3.05, 3.63) is 102 Å². The van der Waals surface area contributed by atoms with Crippen molar-refractivity contribution >= 4 is 35.3 Å². The van der Waals surface area contributed by atoms with Crippen LogP contribution in [0.4, 0.5) is 10.5 Å². The molecule has 0 bridgehead atoms. The topological polar surface area (TPSA) is 138 Å². The predicted molar refractivity (Wildman–Crippen MR) is 176 cm³/mol. The predicted octanol–water partition coefficient (Wildman–Crippen LogP) is 4.63. The third-order valence-corrected chi connectivity index (χ3v) is 8.49. The molecule has 11 heteroatoms. The molecule has 3 amide bonds. The number of nitrogens with zero attached hydrogens (tertiary/aromatic N) is 3. The highest BCUT2D eigenvalue weighted by molar-refractivity contribution is 6.17. The summed E-state index contributed by atoms with van der Waals surface area (Å²) in [4.78, 5) is 60.6. The molecule has 0 spiro atoms. The Kier molecular flexibility index (Phi) is 11.1. The van der Waals surface area contributed by atoms with E-state index in [1.54, 1.807) is 24.3 Å². The van der Waals surface area contributed by atoms with Crippen molar-refractivity contribution in [2.45, 2.75) is 32.4 Å². The van der Waals surface area contributed by atoms with Gasteiger partial charge in [0, 0.05) is 36.6 Å². The van der Waals surface area contributed by atoms with Crippen LogP contribution >= 0.6 is 0 Å². The van der Waals surface area contributed by atoms with Gasteiger partial charge in [-0.2, -0.15) is 0 Å². The summed E-state index contributed by atoms with van der Waals surface area (Å²) in [5.41, 5.74) is 2.79. The third kappa shape index (κ3) is 8.30. The number of carbonyl (C=O) groups is 4. The quantitative estimate of drug-likeness (QED) is 0.274. The number of rotatable bonds is 12. The van der Waals surface area contributed by atoms with Crippen molar-refractivity contribution < 1.29 is 33.8 Å². The van der Waals surface area contributed by atoms with Gasteiger partial charge >= 0.3 is 12.1 Å². The summed E-state index contributed by atoms with van der Waals surface area (Å²) in [5, 5.41) is 13.6. The highest BCUT2D eigenvalue weighted by Gasteiger charge is 2.42. The van der Waals surface area contributed by atoms with E-state index < -0.39 is 36.0 Å². The summed E-state index contributed by atoms with van der Waals surface area (Å²) in [5.74, 6) is -3.01. The molecule has 3 aromatic carbocycles. The SMILES string of the molecule is CC(C)[C@@H](CC(=O)N1C(=O)OC[C@H]1c1ccccc1)[C@H](N=C(c1ccccc1)c1ccccc1NC(=O)CN1CCOCC1)C(=O)O. The molecule has 47 heavy (non-hydrogen) atoms. The smallest absolute Gasteiger partial charge is 0.417 e. The van der Waals surface area contributed by atoms with Gasteiger partial charge in [0.2, 0.25) is 11.8 Å². The van der Waals surface area contributed by atoms with Crippen LogP contribution in [0.1, 0.15) is 43.0 Å². The summed E-state index contributed by atoms with van der Waals surface area (Å²) in [6.07, 6.45) is -0.996.